The maximum atomic E-state index is 13.0. The summed E-state index contributed by atoms with van der Waals surface area (Å²) in [4.78, 5) is 22.2. The molecule has 0 unspecified atom stereocenters. The van der Waals surface area contributed by atoms with Gasteiger partial charge in [-0.25, -0.2) is 0 Å². The molecule has 4 rings (SSSR count). The summed E-state index contributed by atoms with van der Waals surface area (Å²) in [6, 6.07) is 14.3. The number of nitrogens with zero attached hydrogens (tertiary/aromatic N) is 3. The normalized spacial score (nSPS) is 20.7. The number of rotatable bonds is 4. The monoisotopic (exact) mass is 349 g/mol. The number of carbonyl (C=O) groups excluding carboxylic acids is 1. The van der Waals surface area contributed by atoms with E-state index in [1.807, 2.05) is 49.4 Å². The number of carbonyl (C=O) groups is 1. The van der Waals surface area contributed by atoms with Gasteiger partial charge < -0.3 is 9.80 Å². The predicted molar refractivity (Wildman–Crippen MR) is 104 cm³/mol. The molecular weight excluding hydrogens is 322 g/mol. The Morgan fingerprint density at radius 1 is 1.04 bits per heavy atom. The summed E-state index contributed by atoms with van der Waals surface area (Å²) in [7, 11) is 0. The van der Waals surface area contributed by atoms with Gasteiger partial charge in [0, 0.05) is 36.0 Å². The molecule has 2 aliphatic heterocycles. The largest absolute Gasteiger partial charge is 0.334 e. The smallest absolute Gasteiger partial charge is 0.254 e. The van der Waals surface area contributed by atoms with Crippen molar-refractivity contribution in [3.63, 3.8) is 0 Å². The molecule has 0 radical (unpaired) electrons. The molecule has 0 aliphatic carbocycles. The lowest BCUT2D eigenvalue weighted by atomic mass is 10.1. The zero-order chi connectivity index (χ0) is 17.9. The first kappa shape index (κ1) is 17.2. The average molecular weight is 349 g/mol. The van der Waals surface area contributed by atoms with Gasteiger partial charge in [0.15, 0.2) is 0 Å². The van der Waals surface area contributed by atoms with Crippen LogP contribution in [0, 0.1) is 6.92 Å². The van der Waals surface area contributed by atoms with E-state index in [2.05, 4.69) is 14.8 Å². The fraction of sp³-hybridized carbons (Fsp3) is 0.455. The fourth-order valence-corrected chi connectivity index (χ4v) is 4.21. The summed E-state index contributed by atoms with van der Waals surface area (Å²) in [6.07, 6.45) is 4.85. The minimum absolute atomic E-state index is 0.176. The van der Waals surface area contributed by atoms with E-state index in [1.165, 1.54) is 25.9 Å². The van der Waals surface area contributed by atoms with Gasteiger partial charge in [-0.15, -0.1) is 0 Å². The summed E-state index contributed by atoms with van der Waals surface area (Å²) in [5.74, 6) is 0.176. The van der Waals surface area contributed by atoms with Crippen molar-refractivity contribution in [1.82, 2.24) is 14.8 Å². The lowest BCUT2D eigenvalue weighted by Gasteiger charge is -2.28. The molecule has 2 fully saturated rings. The van der Waals surface area contributed by atoms with Gasteiger partial charge in [0.2, 0.25) is 0 Å². The van der Waals surface area contributed by atoms with E-state index >= 15 is 0 Å². The van der Waals surface area contributed by atoms with Gasteiger partial charge >= 0.3 is 0 Å². The second-order valence-electron chi connectivity index (χ2n) is 7.54. The number of likely N-dealkylation sites (tertiary alicyclic amines) is 2. The van der Waals surface area contributed by atoms with E-state index in [4.69, 9.17) is 0 Å². The molecule has 0 saturated carbocycles. The van der Waals surface area contributed by atoms with Crippen LogP contribution in [0.4, 0.5) is 0 Å². The Labute approximate surface area is 155 Å². The van der Waals surface area contributed by atoms with Crippen LogP contribution >= 0.6 is 0 Å². The molecule has 2 aliphatic rings. The van der Waals surface area contributed by atoms with Crippen LogP contribution in [0.2, 0.25) is 0 Å². The molecule has 1 atom stereocenters. The third-order valence-electron chi connectivity index (χ3n) is 5.62. The van der Waals surface area contributed by atoms with Crippen LogP contribution in [0.25, 0.3) is 11.3 Å². The summed E-state index contributed by atoms with van der Waals surface area (Å²) < 4.78 is 0. The van der Waals surface area contributed by atoms with E-state index in [0.717, 1.165) is 48.4 Å². The Bertz CT molecular complexity index is 765. The Hall–Kier alpha value is -2.20. The Morgan fingerprint density at radius 2 is 1.81 bits per heavy atom. The number of amides is 1. The molecular formula is C22H27N3O. The van der Waals surface area contributed by atoms with E-state index in [-0.39, 0.29) is 5.91 Å². The molecule has 2 aromatic rings. The van der Waals surface area contributed by atoms with E-state index in [9.17, 15) is 4.79 Å². The molecule has 2 saturated heterocycles. The third-order valence-corrected chi connectivity index (χ3v) is 5.62. The lowest BCUT2D eigenvalue weighted by molar-refractivity contribution is 0.0709. The standard InChI is InChI=1S/C22H27N3O/c1-17-6-4-8-21(23-17)18-9-11-19(12-10-18)22(26)25-15-5-7-20(25)16-24-13-2-3-14-24/h4,6,8-12,20H,2-3,5,7,13-16H2,1H3/t20-/m0/s1. The van der Waals surface area contributed by atoms with Crippen LogP contribution in [0.1, 0.15) is 41.7 Å². The van der Waals surface area contributed by atoms with Crippen molar-refractivity contribution in [3.8, 4) is 11.3 Å². The second kappa shape index (κ2) is 7.58. The topological polar surface area (TPSA) is 36.4 Å². The minimum Gasteiger partial charge on any atom is -0.334 e. The van der Waals surface area contributed by atoms with Gasteiger partial charge in [-0.3, -0.25) is 9.78 Å². The lowest BCUT2D eigenvalue weighted by Crippen LogP contribution is -2.42. The van der Waals surface area contributed by atoms with Crippen LogP contribution in [0.3, 0.4) is 0 Å². The molecule has 3 heterocycles. The molecule has 4 nitrogen and oxygen atoms in total. The first-order valence-electron chi connectivity index (χ1n) is 9.78. The van der Waals surface area contributed by atoms with Crippen LogP contribution in [-0.4, -0.2) is 52.9 Å². The molecule has 1 aromatic carbocycles. The molecule has 4 heteroatoms. The van der Waals surface area contributed by atoms with Crippen molar-refractivity contribution >= 4 is 5.91 Å². The highest BCUT2D eigenvalue weighted by Gasteiger charge is 2.31. The van der Waals surface area contributed by atoms with Crippen molar-refractivity contribution in [3.05, 3.63) is 53.7 Å². The molecule has 0 spiro atoms. The SMILES string of the molecule is Cc1cccc(-c2ccc(C(=O)N3CCC[C@H]3CN3CCCC3)cc2)n1. The molecule has 136 valence electrons. The Balaban J connectivity index is 1.47. The van der Waals surface area contributed by atoms with Crippen LogP contribution in [0.15, 0.2) is 42.5 Å². The zero-order valence-electron chi connectivity index (χ0n) is 15.5. The molecule has 0 N–H and O–H groups in total. The van der Waals surface area contributed by atoms with Gasteiger partial charge in [0.05, 0.1) is 5.69 Å². The van der Waals surface area contributed by atoms with E-state index < -0.39 is 0 Å². The highest BCUT2D eigenvalue weighted by molar-refractivity contribution is 5.95. The maximum absolute atomic E-state index is 13.0. The summed E-state index contributed by atoms with van der Waals surface area (Å²) in [5, 5.41) is 0. The molecule has 0 bridgehead atoms. The average Bonchev–Trinajstić information content (AvgIpc) is 3.34. The maximum Gasteiger partial charge on any atom is 0.254 e. The highest BCUT2D eigenvalue weighted by Crippen LogP contribution is 2.24. The van der Waals surface area contributed by atoms with E-state index in [1.54, 1.807) is 0 Å². The first-order chi connectivity index (χ1) is 12.7. The molecule has 26 heavy (non-hydrogen) atoms. The van der Waals surface area contributed by atoms with Gasteiger partial charge in [-0.1, -0.05) is 18.2 Å². The number of hydrogen-bond donors (Lipinski definition) is 0. The Morgan fingerprint density at radius 3 is 2.54 bits per heavy atom. The number of aromatic nitrogens is 1. The van der Waals surface area contributed by atoms with Crippen molar-refractivity contribution in [2.45, 2.75) is 38.6 Å². The highest BCUT2D eigenvalue weighted by atomic mass is 16.2. The summed E-state index contributed by atoms with van der Waals surface area (Å²) in [6.45, 7) is 6.30. The summed E-state index contributed by atoms with van der Waals surface area (Å²) in [5.41, 5.74) is 3.80. The van der Waals surface area contributed by atoms with Gasteiger partial charge in [0.25, 0.3) is 5.91 Å². The quantitative estimate of drug-likeness (QED) is 0.843. The Kier molecular flexibility index (Phi) is 5.02. The number of hydrogen-bond acceptors (Lipinski definition) is 3. The number of benzene rings is 1. The fourth-order valence-electron chi connectivity index (χ4n) is 4.21. The van der Waals surface area contributed by atoms with Gasteiger partial charge in [-0.2, -0.15) is 0 Å². The van der Waals surface area contributed by atoms with Gasteiger partial charge in [0.1, 0.15) is 0 Å². The second-order valence-corrected chi connectivity index (χ2v) is 7.54. The zero-order valence-corrected chi connectivity index (χ0v) is 15.5. The van der Waals surface area contributed by atoms with Crippen molar-refractivity contribution < 1.29 is 4.79 Å². The summed E-state index contributed by atoms with van der Waals surface area (Å²) >= 11 is 0. The van der Waals surface area contributed by atoms with E-state index in [0.29, 0.717) is 6.04 Å². The molecule has 1 amide bonds. The number of pyridine rings is 1. The minimum atomic E-state index is 0.176. The first-order valence-corrected chi connectivity index (χ1v) is 9.78. The van der Waals surface area contributed by atoms with Crippen LogP contribution in [-0.2, 0) is 0 Å². The predicted octanol–water partition coefficient (Wildman–Crippen LogP) is 3.76. The van der Waals surface area contributed by atoms with Crippen molar-refractivity contribution in [2.24, 2.45) is 0 Å². The van der Waals surface area contributed by atoms with Crippen LogP contribution < -0.4 is 0 Å². The van der Waals surface area contributed by atoms with Crippen molar-refractivity contribution in [2.75, 3.05) is 26.2 Å². The van der Waals surface area contributed by atoms with Crippen LogP contribution in [0.5, 0.6) is 0 Å². The van der Waals surface area contributed by atoms with Gasteiger partial charge in [-0.05, 0) is 70.0 Å². The van der Waals surface area contributed by atoms with Crippen molar-refractivity contribution in [1.29, 1.82) is 0 Å². The number of aryl methyl sites for hydroxylation is 1. The molecule has 1 aromatic heterocycles. The third kappa shape index (κ3) is 3.65.